The third-order valence-electron chi connectivity index (χ3n) is 0.165. The second-order valence-electron chi connectivity index (χ2n) is 0.478. The van der Waals surface area contributed by atoms with Crippen LogP contribution in [0.1, 0.15) is 0 Å². The molecule has 0 atom stereocenters. The fraction of sp³-hybridized carbons (Fsp3) is 0. The van der Waals surface area contributed by atoms with E-state index in [0.717, 1.165) is 6.29 Å². The molecular weight excluding hydrogens is 180 g/mol. The number of allylic oxidation sites excluding steroid dienone is 1. The van der Waals surface area contributed by atoms with E-state index in [9.17, 15) is 4.79 Å². The fourth-order valence-electron chi connectivity index (χ4n) is 0.0351. The molecule has 28 valence electrons. The van der Waals surface area contributed by atoms with Crippen LogP contribution in [0.15, 0.2) is 10.2 Å². The van der Waals surface area contributed by atoms with E-state index in [0.29, 0.717) is 0 Å². The van der Waals surface area contributed by atoms with E-state index < -0.39 is 0 Å². The molecule has 0 fully saturated rings. The van der Waals surface area contributed by atoms with Crippen molar-refractivity contribution in [3.8, 4) is 0 Å². The predicted molar refractivity (Wildman–Crippen MR) is 22.4 cm³/mol. The molecule has 0 rings (SSSR count). The molecule has 0 saturated heterocycles. The summed E-state index contributed by atoms with van der Waals surface area (Å²) in [4.78, 5) is 9.33. The molecule has 0 amide bonds. The molecule has 0 radical (unpaired) electrons. The molecule has 0 spiro atoms. The summed E-state index contributed by atoms with van der Waals surface area (Å²) in [5.74, 6) is 0. The molecule has 2 heteroatoms. The molecule has 0 aliphatic heterocycles. The van der Waals surface area contributed by atoms with Gasteiger partial charge in [0.15, 0.2) is 0 Å². The molecular formula is C3H4OTe. The normalized spacial score (nSPS) is 9.00. The van der Waals surface area contributed by atoms with Gasteiger partial charge in [-0.2, -0.15) is 0 Å². The summed E-state index contributed by atoms with van der Waals surface area (Å²) < 4.78 is 1.74. The van der Waals surface area contributed by atoms with Gasteiger partial charge in [0.25, 0.3) is 0 Å². The molecule has 0 saturated carbocycles. The standard InChI is InChI=1S/C3H4OTe/c4-2-1-3-5/h1-3,5H/b3-1-. The Kier molecular flexibility index (Phi) is 4.37. The van der Waals surface area contributed by atoms with Gasteiger partial charge in [0.05, 0.1) is 0 Å². The van der Waals surface area contributed by atoms with Crippen LogP contribution < -0.4 is 0 Å². The third kappa shape index (κ3) is 4.20. The van der Waals surface area contributed by atoms with Gasteiger partial charge in [-0.25, -0.2) is 0 Å². The summed E-state index contributed by atoms with van der Waals surface area (Å²) in [6.07, 6.45) is 2.23. The van der Waals surface area contributed by atoms with Crippen molar-refractivity contribution in [3.63, 3.8) is 0 Å². The molecule has 0 aromatic heterocycles. The van der Waals surface area contributed by atoms with Crippen molar-refractivity contribution < 1.29 is 4.79 Å². The van der Waals surface area contributed by atoms with Gasteiger partial charge in [0.2, 0.25) is 0 Å². The second kappa shape index (κ2) is 4.20. The summed E-state index contributed by atoms with van der Waals surface area (Å²) >= 11 is 1.51. The van der Waals surface area contributed by atoms with Gasteiger partial charge in [-0.05, 0) is 0 Å². The van der Waals surface area contributed by atoms with Crippen LogP contribution in [0.5, 0.6) is 0 Å². The van der Waals surface area contributed by atoms with E-state index >= 15 is 0 Å². The number of carbonyl (C=O) groups excluding carboxylic acids is 1. The van der Waals surface area contributed by atoms with E-state index in [4.69, 9.17) is 0 Å². The van der Waals surface area contributed by atoms with Crippen molar-refractivity contribution >= 4 is 28.6 Å². The molecule has 1 nitrogen and oxygen atoms in total. The van der Waals surface area contributed by atoms with Crippen LogP contribution in [-0.2, 0) is 4.79 Å². The van der Waals surface area contributed by atoms with Gasteiger partial charge in [-0.15, -0.1) is 0 Å². The Labute approximate surface area is 44.0 Å². The molecule has 5 heavy (non-hydrogen) atoms. The summed E-state index contributed by atoms with van der Waals surface area (Å²) in [5.41, 5.74) is 0. The van der Waals surface area contributed by atoms with Crippen LogP contribution in [0.2, 0.25) is 0 Å². The van der Waals surface area contributed by atoms with Crippen molar-refractivity contribution in [2.24, 2.45) is 0 Å². The van der Waals surface area contributed by atoms with Gasteiger partial charge in [-0.1, -0.05) is 0 Å². The number of hydrogen-bond donors (Lipinski definition) is 0. The van der Waals surface area contributed by atoms with Gasteiger partial charge < -0.3 is 0 Å². The topological polar surface area (TPSA) is 17.1 Å². The molecule has 0 aromatic rings. The summed E-state index contributed by atoms with van der Waals surface area (Å²) in [5, 5.41) is 0. The van der Waals surface area contributed by atoms with E-state index in [-0.39, 0.29) is 0 Å². The van der Waals surface area contributed by atoms with Crippen LogP contribution in [0.3, 0.4) is 0 Å². The fourth-order valence-corrected chi connectivity index (χ4v) is 0.236. The van der Waals surface area contributed by atoms with Crippen LogP contribution in [0.25, 0.3) is 0 Å². The Morgan fingerprint density at radius 2 is 2.20 bits per heavy atom. The van der Waals surface area contributed by atoms with Crippen molar-refractivity contribution in [1.29, 1.82) is 0 Å². The Bertz CT molecular complexity index is 48.9. The molecule has 0 aliphatic rings. The first-order valence-electron chi connectivity index (χ1n) is 1.16. The zero-order valence-corrected chi connectivity index (χ0v) is 5.14. The van der Waals surface area contributed by atoms with Crippen LogP contribution >= 0.6 is 0 Å². The molecule has 0 aromatic carbocycles. The van der Waals surface area contributed by atoms with Crippen molar-refractivity contribution in [1.82, 2.24) is 0 Å². The average molecular weight is 184 g/mol. The van der Waals surface area contributed by atoms with Gasteiger partial charge in [0.1, 0.15) is 0 Å². The number of rotatable bonds is 1. The second-order valence-corrected chi connectivity index (χ2v) is 1.33. The maximum absolute atomic E-state index is 9.33. The minimum atomic E-state index is 0.762. The zero-order chi connectivity index (χ0) is 4.12. The SMILES string of the molecule is O=C/C=C\[TeH]. The molecule has 0 unspecified atom stereocenters. The van der Waals surface area contributed by atoms with Crippen molar-refractivity contribution in [2.45, 2.75) is 0 Å². The van der Waals surface area contributed by atoms with E-state index in [1.54, 1.807) is 4.12 Å². The summed E-state index contributed by atoms with van der Waals surface area (Å²) in [7, 11) is 0. The number of aldehydes is 1. The predicted octanol–water partition coefficient (Wildman–Crippen LogP) is -0.400. The molecule has 0 bridgehead atoms. The van der Waals surface area contributed by atoms with E-state index in [1.807, 2.05) is 0 Å². The van der Waals surface area contributed by atoms with Crippen LogP contribution in [-0.4, -0.2) is 28.6 Å². The Morgan fingerprint density at radius 3 is 2.20 bits per heavy atom. The maximum atomic E-state index is 9.33. The van der Waals surface area contributed by atoms with Gasteiger partial charge >= 0.3 is 43.6 Å². The van der Waals surface area contributed by atoms with Crippen molar-refractivity contribution in [3.05, 3.63) is 10.2 Å². The third-order valence-corrected chi connectivity index (χ3v) is 0.656. The first-order chi connectivity index (χ1) is 2.41. The van der Waals surface area contributed by atoms with Crippen molar-refractivity contribution in [2.75, 3.05) is 0 Å². The molecule has 0 heterocycles. The monoisotopic (exact) mass is 186 g/mol. The quantitative estimate of drug-likeness (QED) is 0.307. The number of carbonyl (C=O) groups is 1. The van der Waals surface area contributed by atoms with Crippen LogP contribution in [0.4, 0.5) is 0 Å². The first kappa shape index (κ1) is 5.20. The zero-order valence-electron chi connectivity index (χ0n) is 2.59. The Balaban J connectivity index is 2.92. The Morgan fingerprint density at radius 1 is 1.60 bits per heavy atom. The van der Waals surface area contributed by atoms with Crippen LogP contribution in [0, 0.1) is 0 Å². The number of hydrogen-bond acceptors (Lipinski definition) is 1. The van der Waals surface area contributed by atoms with Gasteiger partial charge in [0, 0.05) is 0 Å². The van der Waals surface area contributed by atoms with Gasteiger partial charge in [-0.3, -0.25) is 0 Å². The summed E-state index contributed by atoms with van der Waals surface area (Å²) in [6, 6.07) is 0. The first-order valence-corrected chi connectivity index (χ1v) is 2.63. The molecule has 0 N–H and O–H groups in total. The Hall–Kier alpha value is 0.200. The minimum absolute atomic E-state index is 0.762. The van der Waals surface area contributed by atoms with E-state index in [1.165, 1.54) is 28.4 Å². The molecule has 0 aliphatic carbocycles. The van der Waals surface area contributed by atoms with E-state index in [2.05, 4.69) is 0 Å². The average Bonchev–Trinajstić information content (AvgIpc) is 1.41. The summed E-state index contributed by atoms with van der Waals surface area (Å²) in [6.45, 7) is 0.